The van der Waals surface area contributed by atoms with Crippen LogP contribution >= 0.6 is 27.7 Å². The van der Waals surface area contributed by atoms with Crippen LogP contribution in [-0.4, -0.2) is 4.98 Å². The fraction of sp³-hybridized carbons (Fsp3) is 0.0833. The number of nitrogen functional groups attached to an aromatic ring is 1. The number of hydrogen-bond acceptors (Lipinski definition) is 3. The number of benzene rings is 1. The first kappa shape index (κ1) is 11.5. The van der Waals surface area contributed by atoms with Gasteiger partial charge in [-0.2, -0.15) is 0 Å². The Kier molecular flexibility index (Phi) is 3.85. The molecule has 0 atom stereocenters. The minimum absolute atomic E-state index is 0.801. The van der Waals surface area contributed by atoms with Crippen molar-refractivity contribution in [2.24, 2.45) is 0 Å². The van der Waals surface area contributed by atoms with Crippen LogP contribution in [0.2, 0.25) is 0 Å². The Bertz CT molecular complexity index is 408. The van der Waals surface area contributed by atoms with Crippen LogP contribution in [0.25, 0.3) is 0 Å². The van der Waals surface area contributed by atoms with Crippen molar-refractivity contribution in [3.8, 4) is 0 Å². The van der Waals surface area contributed by atoms with Gasteiger partial charge in [-0.15, -0.1) is 11.8 Å². The van der Waals surface area contributed by atoms with Gasteiger partial charge < -0.3 is 5.73 Å². The number of pyridine rings is 1. The van der Waals surface area contributed by atoms with Crippen molar-refractivity contribution in [2.45, 2.75) is 10.8 Å². The molecule has 4 heteroatoms. The predicted molar refractivity (Wildman–Crippen MR) is 72.4 cm³/mol. The normalized spacial score (nSPS) is 10.3. The fourth-order valence-electron chi connectivity index (χ4n) is 1.22. The first-order chi connectivity index (χ1) is 7.74. The zero-order valence-corrected chi connectivity index (χ0v) is 11.0. The molecule has 0 fully saturated rings. The monoisotopic (exact) mass is 294 g/mol. The number of hydrogen-bond donors (Lipinski definition) is 1. The maximum Gasteiger partial charge on any atom is 0.0963 e. The molecular formula is C12H11BrN2S. The van der Waals surface area contributed by atoms with E-state index in [1.807, 2.05) is 42.6 Å². The highest BCUT2D eigenvalue weighted by atomic mass is 79.9. The van der Waals surface area contributed by atoms with E-state index in [0.717, 1.165) is 20.9 Å². The van der Waals surface area contributed by atoms with Gasteiger partial charge in [-0.05, 0) is 45.8 Å². The van der Waals surface area contributed by atoms with Gasteiger partial charge in [0.2, 0.25) is 0 Å². The third-order valence-corrected chi connectivity index (χ3v) is 3.55. The van der Waals surface area contributed by atoms with Gasteiger partial charge in [-0.1, -0.05) is 12.1 Å². The lowest BCUT2D eigenvalue weighted by Gasteiger charge is -2.02. The number of anilines is 1. The average molecular weight is 295 g/mol. The maximum absolute atomic E-state index is 5.63. The lowest BCUT2D eigenvalue weighted by Crippen LogP contribution is -1.86. The highest BCUT2D eigenvalue weighted by molar-refractivity contribution is 9.10. The van der Waals surface area contributed by atoms with Crippen LogP contribution in [0.1, 0.15) is 5.56 Å². The zero-order chi connectivity index (χ0) is 11.4. The lowest BCUT2D eigenvalue weighted by atomic mass is 10.2. The Morgan fingerprint density at radius 2 is 1.88 bits per heavy atom. The first-order valence-electron chi connectivity index (χ1n) is 4.83. The Labute approximate surface area is 107 Å². The minimum atomic E-state index is 0.801. The number of nitrogens with two attached hydrogens (primary N) is 1. The molecule has 0 amide bonds. The van der Waals surface area contributed by atoms with Crippen LogP contribution in [0.5, 0.6) is 0 Å². The Morgan fingerprint density at radius 3 is 2.50 bits per heavy atom. The summed E-state index contributed by atoms with van der Waals surface area (Å²) in [4.78, 5) is 4.30. The molecule has 0 bridgehead atoms. The number of rotatable bonds is 3. The highest BCUT2D eigenvalue weighted by Gasteiger charge is 1.97. The molecule has 0 aliphatic heterocycles. The average Bonchev–Trinajstić information content (AvgIpc) is 2.30. The van der Waals surface area contributed by atoms with Gasteiger partial charge in [-0.25, -0.2) is 4.98 Å². The van der Waals surface area contributed by atoms with Crippen molar-refractivity contribution in [1.29, 1.82) is 0 Å². The summed E-state index contributed by atoms with van der Waals surface area (Å²) in [5.41, 5.74) is 7.68. The van der Waals surface area contributed by atoms with Crippen LogP contribution in [0.3, 0.4) is 0 Å². The number of nitrogens with zero attached hydrogens (tertiary/aromatic N) is 1. The molecule has 0 spiro atoms. The molecule has 2 nitrogen and oxygen atoms in total. The Hall–Kier alpha value is -1.00. The number of thioether (sulfide) groups is 1. The lowest BCUT2D eigenvalue weighted by molar-refractivity contribution is 1.12. The van der Waals surface area contributed by atoms with Gasteiger partial charge in [0, 0.05) is 22.1 Å². The molecule has 2 N–H and O–H groups in total. The third-order valence-electron chi connectivity index (χ3n) is 2.07. The van der Waals surface area contributed by atoms with Gasteiger partial charge in [0.05, 0.1) is 5.03 Å². The predicted octanol–water partition coefficient (Wildman–Crippen LogP) is 3.72. The summed E-state index contributed by atoms with van der Waals surface area (Å²) < 4.78 is 1.00. The molecule has 0 aliphatic rings. The molecule has 0 radical (unpaired) electrons. The van der Waals surface area contributed by atoms with E-state index in [0.29, 0.717) is 0 Å². The Morgan fingerprint density at radius 1 is 1.12 bits per heavy atom. The standard InChI is InChI=1S/C12H11BrN2S/c13-10-3-6-12(15-7-10)16-8-9-1-4-11(14)5-2-9/h1-7H,8,14H2. The van der Waals surface area contributed by atoms with Gasteiger partial charge in [0.25, 0.3) is 0 Å². The third kappa shape index (κ3) is 3.25. The molecule has 0 saturated carbocycles. The highest BCUT2D eigenvalue weighted by Crippen LogP contribution is 2.22. The summed E-state index contributed by atoms with van der Waals surface area (Å²) in [6.07, 6.45) is 1.81. The van der Waals surface area contributed by atoms with Crippen molar-refractivity contribution in [1.82, 2.24) is 4.98 Å². The molecular weight excluding hydrogens is 284 g/mol. The van der Waals surface area contributed by atoms with Gasteiger partial charge in [0.1, 0.15) is 0 Å². The molecule has 16 heavy (non-hydrogen) atoms. The molecule has 0 unspecified atom stereocenters. The van der Waals surface area contributed by atoms with Gasteiger partial charge in [-0.3, -0.25) is 0 Å². The smallest absolute Gasteiger partial charge is 0.0963 e. The van der Waals surface area contributed by atoms with E-state index in [4.69, 9.17) is 5.73 Å². The van der Waals surface area contributed by atoms with Crippen molar-refractivity contribution in [2.75, 3.05) is 5.73 Å². The molecule has 82 valence electrons. The van der Waals surface area contributed by atoms with E-state index in [-0.39, 0.29) is 0 Å². The fourth-order valence-corrected chi connectivity index (χ4v) is 2.25. The first-order valence-corrected chi connectivity index (χ1v) is 6.61. The molecule has 0 aliphatic carbocycles. The summed E-state index contributed by atoms with van der Waals surface area (Å²) in [5, 5.41) is 1.03. The second-order valence-corrected chi connectivity index (χ2v) is 5.26. The van der Waals surface area contributed by atoms with Gasteiger partial charge >= 0.3 is 0 Å². The van der Waals surface area contributed by atoms with Crippen molar-refractivity contribution in [3.05, 3.63) is 52.6 Å². The van der Waals surface area contributed by atoms with E-state index in [9.17, 15) is 0 Å². The van der Waals surface area contributed by atoms with Gasteiger partial charge in [0.15, 0.2) is 0 Å². The summed E-state index contributed by atoms with van der Waals surface area (Å²) in [5.74, 6) is 0.912. The van der Waals surface area contributed by atoms with Crippen LogP contribution in [-0.2, 0) is 5.75 Å². The summed E-state index contributed by atoms with van der Waals surface area (Å²) in [6, 6.07) is 11.9. The number of halogens is 1. The molecule has 1 aromatic carbocycles. The van der Waals surface area contributed by atoms with Crippen LogP contribution in [0.4, 0.5) is 5.69 Å². The second-order valence-electron chi connectivity index (χ2n) is 3.34. The largest absolute Gasteiger partial charge is 0.399 e. The van der Waals surface area contributed by atoms with E-state index in [2.05, 4.69) is 20.9 Å². The van der Waals surface area contributed by atoms with E-state index >= 15 is 0 Å². The zero-order valence-electron chi connectivity index (χ0n) is 8.56. The summed E-state index contributed by atoms with van der Waals surface area (Å²) in [6.45, 7) is 0. The SMILES string of the molecule is Nc1ccc(CSc2ccc(Br)cn2)cc1. The number of aromatic nitrogens is 1. The van der Waals surface area contributed by atoms with Crippen LogP contribution < -0.4 is 5.73 Å². The molecule has 1 aromatic heterocycles. The van der Waals surface area contributed by atoms with Crippen molar-refractivity contribution >= 4 is 33.4 Å². The molecule has 0 saturated heterocycles. The van der Waals surface area contributed by atoms with E-state index < -0.39 is 0 Å². The second kappa shape index (κ2) is 5.37. The van der Waals surface area contributed by atoms with Crippen molar-refractivity contribution < 1.29 is 0 Å². The Balaban J connectivity index is 1.97. The quantitative estimate of drug-likeness (QED) is 0.693. The minimum Gasteiger partial charge on any atom is -0.399 e. The summed E-state index contributed by atoms with van der Waals surface area (Å²) in [7, 11) is 0. The van der Waals surface area contributed by atoms with Crippen LogP contribution in [0.15, 0.2) is 52.1 Å². The maximum atomic E-state index is 5.63. The molecule has 1 heterocycles. The van der Waals surface area contributed by atoms with E-state index in [1.54, 1.807) is 11.8 Å². The molecule has 2 rings (SSSR count). The molecule has 2 aromatic rings. The van der Waals surface area contributed by atoms with E-state index in [1.165, 1.54) is 5.56 Å². The van der Waals surface area contributed by atoms with Crippen LogP contribution in [0, 0.1) is 0 Å². The topological polar surface area (TPSA) is 38.9 Å². The summed E-state index contributed by atoms with van der Waals surface area (Å²) >= 11 is 5.08. The van der Waals surface area contributed by atoms with Crippen molar-refractivity contribution in [3.63, 3.8) is 0 Å².